The molecular weight excluding hydrogens is 522 g/mol. The SMILES string of the molecule is CCCc1cc(C(=O)O)ccc1Oc1c(C(C)C(=O)NS(=O)(=O)c2ccc(C(C)C)cc2)ccc2c1OCO2. The summed E-state index contributed by atoms with van der Waals surface area (Å²) in [5, 5.41) is 9.40. The predicted octanol–water partition coefficient (Wildman–Crippen LogP) is 5.59. The Balaban J connectivity index is 1.66. The Kier molecular flexibility index (Phi) is 8.15. The summed E-state index contributed by atoms with van der Waals surface area (Å²) in [6, 6.07) is 14.2. The van der Waals surface area contributed by atoms with Gasteiger partial charge in [-0.1, -0.05) is 45.4 Å². The number of carbonyl (C=O) groups excluding carboxylic acids is 1. The average molecular weight is 554 g/mol. The fraction of sp³-hybridized carbons (Fsp3) is 0.310. The fourth-order valence-electron chi connectivity index (χ4n) is 4.25. The van der Waals surface area contributed by atoms with Crippen LogP contribution in [0, 0.1) is 0 Å². The molecule has 4 rings (SSSR count). The molecule has 1 amide bonds. The van der Waals surface area contributed by atoms with Gasteiger partial charge in [0.15, 0.2) is 11.5 Å². The van der Waals surface area contributed by atoms with E-state index < -0.39 is 27.8 Å². The second-order valence-electron chi connectivity index (χ2n) is 9.61. The number of nitrogens with one attached hydrogen (secondary N) is 1. The summed E-state index contributed by atoms with van der Waals surface area (Å²) in [6.07, 6.45) is 1.30. The summed E-state index contributed by atoms with van der Waals surface area (Å²) in [5.41, 5.74) is 2.16. The molecule has 10 heteroatoms. The van der Waals surface area contributed by atoms with Crippen molar-refractivity contribution in [3.05, 3.63) is 76.9 Å². The molecule has 1 unspecified atom stereocenters. The number of hydrogen-bond acceptors (Lipinski definition) is 7. The van der Waals surface area contributed by atoms with Crippen LogP contribution in [0.4, 0.5) is 0 Å². The van der Waals surface area contributed by atoms with E-state index in [1.165, 1.54) is 18.2 Å². The molecule has 3 aromatic rings. The molecule has 0 aromatic heterocycles. The van der Waals surface area contributed by atoms with Crippen molar-refractivity contribution in [2.24, 2.45) is 0 Å². The molecular formula is C29H31NO8S. The molecule has 1 aliphatic heterocycles. The third-order valence-electron chi connectivity index (χ3n) is 6.51. The number of carboxylic acids is 1. The molecule has 0 bridgehead atoms. The van der Waals surface area contributed by atoms with Crippen LogP contribution in [0.2, 0.25) is 0 Å². The highest BCUT2D eigenvalue weighted by atomic mass is 32.2. The van der Waals surface area contributed by atoms with Crippen molar-refractivity contribution in [1.29, 1.82) is 0 Å². The van der Waals surface area contributed by atoms with E-state index in [1.807, 2.05) is 20.8 Å². The number of sulfonamides is 1. The summed E-state index contributed by atoms with van der Waals surface area (Å²) in [7, 11) is -4.12. The first kappa shape index (κ1) is 28.0. The van der Waals surface area contributed by atoms with Crippen molar-refractivity contribution >= 4 is 21.9 Å². The fourth-order valence-corrected chi connectivity index (χ4v) is 5.30. The van der Waals surface area contributed by atoms with Gasteiger partial charge in [0.25, 0.3) is 10.0 Å². The molecule has 0 radical (unpaired) electrons. The van der Waals surface area contributed by atoms with Crippen LogP contribution in [-0.2, 0) is 21.2 Å². The molecule has 0 spiro atoms. The van der Waals surface area contributed by atoms with Crippen LogP contribution in [0.5, 0.6) is 23.0 Å². The van der Waals surface area contributed by atoms with Gasteiger partial charge in [-0.2, -0.15) is 0 Å². The van der Waals surface area contributed by atoms with Crippen LogP contribution < -0.4 is 18.9 Å². The molecule has 9 nitrogen and oxygen atoms in total. The minimum atomic E-state index is -4.12. The third kappa shape index (κ3) is 6.01. The van der Waals surface area contributed by atoms with Gasteiger partial charge in [-0.05, 0) is 66.8 Å². The van der Waals surface area contributed by atoms with Crippen molar-refractivity contribution in [2.45, 2.75) is 57.3 Å². The largest absolute Gasteiger partial charge is 0.478 e. The smallest absolute Gasteiger partial charge is 0.335 e. The van der Waals surface area contributed by atoms with E-state index in [9.17, 15) is 23.1 Å². The van der Waals surface area contributed by atoms with Crippen molar-refractivity contribution in [3.8, 4) is 23.0 Å². The van der Waals surface area contributed by atoms with Gasteiger partial charge in [-0.15, -0.1) is 0 Å². The zero-order valence-corrected chi connectivity index (χ0v) is 23.0. The number of ether oxygens (including phenoxy) is 3. The minimum Gasteiger partial charge on any atom is -0.478 e. The van der Waals surface area contributed by atoms with E-state index in [0.717, 1.165) is 12.0 Å². The van der Waals surface area contributed by atoms with Crippen LogP contribution in [-0.4, -0.2) is 32.2 Å². The van der Waals surface area contributed by atoms with Crippen LogP contribution in [0.3, 0.4) is 0 Å². The van der Waals surface area contributed by atoms with Crippen LogP contribution >= 0.6 is 0 Å². The molecule has 1 heterocycles. The highest BCUT2D eigenvalue weighted by Crippen LogP contribution is 2.48. The second kappa shape index (κ2) is 11.4. The van der Waals surface area contributed by atoms with Gasteiger partial charge < -0.3 is 19.3 Å². The first-order valence-corrected chi connectivity index (χ1v) is 14.1. The van der Waals surface area contributed by atoms with Gasteiger partial charge >= 0.3 is 5.97 Å². The van der Waals surface area contributed by atoms with Crippen molar-refractivity contribution in [3.63, 3.8) is 0 Å². The zero-order valence-electron chi connectivity index (χ0n) is 22.2. The lowest BCUT2D eigenvalue weighted by molar-refractivity contribution is -0.120. The number of carbonyl (C=O) groups is 2. The Hall–Kier alpha value is -4.05. The number of carboxylic acid groups (broad SMARTS) is 1. The normalized spacial score (nSPS) is 13.3. The predicted molar refractivity (Wildman–Crippen MR) is 144 cm³/mol. The maximum absolute atomic E-state index is 13.2. The lowest BCUT2D eigenvalue weighted by Gasteiger charge is -2.20. The molecule has 206 valence electrons. The average Bonchev–Trinajstić information content (AvgIpc) is 3.38. The first-order chi connectivity index (χ1) is 18.5. The number of hydrogen-bond donors (Lipinski definition) is 2. The lowest BCUT2D eigenvalue weighted by Crippen LogP contribution is -2.34. The number of rotatable bonds is 10. The van der Waals surface area contributed by atoms with Gasteiger partial charge in [0.05, 0.1) is 16.4 Å². The van der Waals surface area contributed by atoms with E-state index in [0.29, 0.717) is 29.0 Å². The summed E-state index contributed by atoms with van der Waals surface area (Å²) in [6.45, 7) is 7.49. The van der Waals surface area contributed by atoms with Crippen molar-refractivity contribution < 1.29 is 37.3 Å². The summed E-state index contributed by atoms with van der Waals surface area (Å²) in [4.78, 5) is 24.7. The first-order valence-electron chi connectivity index (χ1n) is 12.6. The van der Waals surface area contributed by atoms with Crippen molar-refractivity contribution in [2.75, 3.05) is 6.79 Å². The highest BCUT2D eigenvalue weighted by Gasteiger charge is 2.30. The number of aryl methyl sites for hydroxylation is 1. The Morgan fingerprint density at radius 2 is 1.74 bits per heavy atom. The molecule has 0 saturated heterocycles. The van der Waals surface area contributed by atoms with Gasteiger partial charge in [0, 0.05) is 5.56 Å². The Bertz CT molecular complexity index is 1500. The number of benzene rings is 3. The van der Waals surface area contributed by atoms with E-state index in [1.54, 1.807) is 43.3 Å². The Morgan fingerprint density at radius 1 is 1.03 bits per heavy atom. The molecule has 0 fully saturated rings. The number of amides is 1. The standard InChI is InChI=1S/C29H31NO8S/c1-5-6-20-15-21(29(32)33)9-13-24(20)38-26-23(12-14-25-27(26)37-16-36-25)18(4)28(31)30-39(34,35)22-10-7-19(8-11-22)17(2)3/h7-15,17-18H,5-6,16H2,1-4H3,(H,30,31)(H,32,33). The third-order valence-corrected chi connectivity index (χ3v) is 7.88. The molecule has 3 aromatic carbocycles. The Morgan fingerprint density at radius 3 is 2.38 bits per heavy atom. The van der Waals surface area contributed by atoms with E-state index in [-0.39, 0.29) is 34.7 Å². The van der Waals surface area contributed by atoms with E-state index >= 15 is 0 Å². The highest BCUT2D eigenvalue weighted by molar-refractivity contribution is 7.90. The van der Waals surface area contributed by atoms with Crippen LogP contribution in [0.25, 0.3) is 0 Å². The summed E-state index contributed by atoms with van der Waals surface area (Å²) >= 11 is 0. The number of aromatic carboxylic acids is 1. The number of fused-ring (bicyclic) bond motifs is 1. The second-order valence-corrected chi connectivity index (χ2v) is 11.3. The van der Waals surface area contributed by atoms with Crippen molar-refractivity contribution in [1.82, 2.24) is 4.72 Å². The molecule has 1 atom stereocenters. The maximum atomic E-state index is 13.2. The van der Waals surface area contributed by atoms with Gasteiger partial charge in [-0.25, -0.2) is 17.9 Å². The maximum Gasteiger partial charge on any atom is 0.335 e. The topological polar surface area (TPSA) is 128 Å². The zero-order chi connectivity index (χ0) is 28.3. The summed E-state index contributed by atoms with van der Waals surface area (Å²) in [5.74, 6) is -1.22. The van der Waals surface area contributed by atoms with E-state index in [4.69, 9.17) is 14.2 Å². The molecule has 1 aliphatic rings. The molecule has 0 aliphatic carbocycles. The Labute approximate surface area is 227 Å². The molecule has 39 heavy (non-hydrogen) atoms. The van der Waals surface area contributed by atoms with Gasteiger partial charge in [-0.3, -0.25) is 4.79 Å². The molecule has 2 N–H and O–H groups in total. The van der Waals surface area contributed by atoms with Gasteiger partial charge in [0.2, 0.25) is 18.4 Å². The molecule has 0 saturated carbocycles. The monoisotopic (exact) mass is 553 g/mol. The van der Waals surface area contributed by atoms with E-state index in [2.05, 4.69) is 4.72 Å². The summed E-state index contributed by atoms with van der Waals surface area (Å²) < 4.78 is 45.5. The van der Waals surface area contributed by atoms with Crippen LogP contribution in [0.15, 0.2) is 59.5 Å². The minimum absolute atomic E-state index is 0.0164. The van der Waals surface area contributed by atoms with Gasteiger partial charge in [0.1, 0.15) is 5.75 Å². The quantitative estimate of drug-likeness (QED) is 0.333. The van der Waals surface area contributed by atoms with Crippen LogP contribution in [0.1, 0.15) is 73.0 Å². The lowest BCUT2D eigenvalue weighted by atomic mass is 9.98.